The number of piperazine rings is 1. The van der Waals surface area contributed by atoms with Crippen molar-refractivity contribution in [2.24, 2.45) is 0 Å². The molecule has 1 aliphatic rings. The first-order valence-electron chi connectivity index (χ1n) is 6.28. The Balaban J connectivity index is 1.70. The number of rotatable bonds is 3. The molecule has 3 heterocycles. The number of nitrogens with zero attached hydrogens (tertiary/aromatic N) is 4. The summed E-state index contributed by atoms with van der Waals surface area (Å²) in [5.41, 5.74) is 1.25. The molecule has 0 bridgehead atoms. The fourth-order valence-corrected chi connectivity index (χ4v) is 3.44. The van der Waals surface area contributed by atoms with E-state index in [1.807, 2.05) is 23.8 Å². The van der Waals surface area contributed by atoms with Gasteiger partial charge in [-0.15, -0.1) is 11.3 Å². The van der Waals surface area contributed by atoms with Crippen molar-refractivity contribution in [1.82, 2.24) is 9.97 Å². The van der Waals surface area contributed by atoms with Crippen molar-refractivity contribution in [3.8, 4) is 0 Å². The summed E-state index contributed by atoms with van der Waals surface area (Å²) >= 11 is 5.24. The smallest absolute Gasteiger partial charge is 0.185 e. The number of aromatic nitrogens is 2. The van der Waals surface area contributed by atoms with Gasteiger partial charge in [0.15, 0.2) is 5.13 Å². The molecule has 0 aromatic carbocycles. The fourth-order valence-electron chi connectivity index (χ4n) is 2.30. The number of alkyl halides is 1. The molecule has 0 aliphatic carbocycles. The summed E-state index contributed by atoms with van der Waals surface area (Å²) in [6.45, 7) is 4.00. The second-order valence-electron chi connectivity index (χ2n) is 4.41. The molecule has 4 nitrogen and oxygen atoms in total. The molecule has 1 saturated heterocycles. The number of hydrogen-bond donors (Lipinski definition) is 0. The summed E-state index contributed by atoms with van der Waals surface area (Å²) in [6.07, 6.45) is 3.74. The Bertz CT molecular complexity index is 523. The second kappa shape index (κ2) is 5.88. The summed E-state index contributed by atoms with van der Waals surface area (Å²) in [4.78, 5) is 13.6. The van der Waals surface area contributed by atoms with Gasteiger partial charge in [-0.25, -0.2) is 9.97 Å². The average Bonchev–Trinajstić information content (AvgIpc) is 3.02. The molecule has 1 fully saturated rings. The third-order valence-corrected chi connectivity index (χ3v) is 4.72. The molecule has 19 heavy (non-hydrogen) atoms. The summed E-state index contributed by atoms with van der Waals surface area (Å²) < 4.78 is 0. The third kappa shape index (κ3) is 2.74. The van der Waals surface area contributed by atoms with E-state index in [4.69, 9.17) is 0 Å². The molecule has 0 radical (unpaired) electrons. The largest absolute Gasteiger partial charge is 0.353 e. The van der Waals surface area contributed by atoms with Crippen LogP contribution in [-0.2, 0) is 5.33 Å². The topological polar surface area (TPSA) is 32.3 Å². The number of anilines is 2. The SMILES string of the molecule is BrCc1cccnc1N1CCN(c2nccs2)CC1. The van der Waals surface area contributed by atoms with E-state index in [1.165, 1.54) is 5.56 Å². The standard InChI is InChI=1S/C13H15BrN4S/c14-10-11-2-1-3-15-12(11)17-5-7-18(8-6-17)13-16-4-9-19-13/h1-4,9H,5-8,10H2. The van der Waals surface area contributed by atoms with E-state index in [0.717, 1.165) is 42.5 Å². The zero-order valence-electron chi connectivity index (χ0n) is 10.5. The molecule has 0 unspecified atom stereocenters. The van der Waals surface area contributed by atoms with Crippen molar-refractivity contribution in [2.75, 3.05) is 36.0 Å². The molecular weight excluding hydrogens is 324 g/mol. The summed E-state index contributed by atoms with van der Waals surface area (Å²) in [6, 6.07) is 4.12. The molecule has 6 heteroatoms. The maximum Gasteiger partial charge on any atom is 0.185 e. The van der Waals surface area contributed by atoms with Gasteiger partial charge in [0.1, 0.15) is 5.82 Å². The number of pyridine rings is 1. The zero-order chi connectivity index (χ0) is 13.1. The summed E-state index contributed by atoms with van der Waals surface area (Å²) in [5.74, 6) is 1.11. The highest BCUT2D eigenvalue weighted by Gasteiger charge is 2.20. The lowest BCUT2D eigenvalue weighted by Crippen LogP contribution is -2.47. The molecule has 0 spiro atoms. The Hall–Kier alpha value is -1.14. The predicted octanol–water partition coefficient (Wildman–Crippen LogP) is 2.76. The van der Waals surface area contributed by atoms with Crippen LogP contribution < -0.4 is 9.80 Å². The molecule has 0 N–H and O–H groups in total. The predicted molar refractivity (Wildman–Crippen MR) is 83.4 cm³/mol. The maximum atomic E-state index is 4.53. The van der Waals surface area contributed by atoms with E-state index in [2.05, 4.69) is 41.8 Å². The second-order valence-corrected chi connectivity index (χ2v) is 5.84. The van der Waals surface area contributed by atoms with Crippen LogP contribution in [0.3, 0.4) is 0 Å². The molecule has 1 aliphatic heterocycles. The van der Waals surface area contributed by atoms with E-state index in [9.17, 15) is 0 Å². The van der Waals surface area contributed by atoms with Crippen LogP contribution in [0.1, 0.15) is 5.56 Å². The minimum absolute atomic E-state index is 0.850. The van der Waals surface area contributed by atoms with Gasteiger partial charge in [-0.2, -0.15) is 0 Å². The molecular formula is C13H15BrN4S. The third-order valence-electron chi connectivity index (χ3n) is 3.28. The van der Waals surface area contributed by atoms with Crippen molar-refractivity contribution in [3.63, 3.8) is 0 Å². The molecule has 3 rings (SSSR count). The Morgan fingerprint density at radius 3 is 2.58 bits per heavy atom. The van der Waals surface area contributed by atoms with Crippen LogP contribution in [0.25, 0.3) is 0 Å². The Labute approximate surface area is 125 Å². The Kier molecular flexibility index (Phi) is 3.98. The molecule has 100 valence electrons. The van der Waals surface area contributed by atoms with Crippen molar-refractivity contribution in [1.29, 1.82) is 0 Å². The zero-order valence-corrected chi connectivity index (χ0v) is 12.9. The first-order chi connectivity index (χ1) is 9.38. The van der Waals surface area contributed by atoms with Gasteiger partial charge in [0.05, 0.1) is 0 Å². The van der Waals surface area contributed by atoms with Crippen LogP contribution in [0, 0.1) is 0 Å². The Morgan fingerprint density at radius 1 is 1.11 bits per heavy atom. The van der Waals surface area contributed by atoms with Gasteiger partial charge in [0, 0.05) is 54.8 Å². The first-order valence-corrected chi connectivity index (χ1v) is 8.28. The van der Waals surface area contributed by atoms with Gasteiger partial charge in [-0.05, 0) is 6.07 Å². The summed E-state index contributed by atoms with van der Waals surface area (Å²) in [5, 5.41) is 4.01. The number of halogens is 1. The normalized spacial score (nSPS) is 15.8. The van der Waals surface area contributed by atoms with Crippen molar-refractivity contribution >= 4 is 38.2 Å². The van der Waals surface area contributed by atoms with Crippen LogP contribution in [-0.4, -0.2) is 36.1 Å². The average molecular weight is 339 g/mol. The van der Waals surface area contributed by atoms with Crippen molar-refractivity contribution in [3.05, 3.63) is 35.5 Å². The molecule has 2 aromatic rings. The highest BCUT2D eigenvalue weighted by Crippen LogP contribution is 2.24. The molecule has 0 atom stereocenters. The quantitative estimate of drug-likeness (QED) is 0.805. The van der Waals surface area contributed by atoms with Crippen LogP contribution in [0.2, 0.25) is 0 Å². The minimum atomic E-state index is 0.850. The van der Waals surface area contributed by atoms with Gasteiger partial charge >= 0.3 is 0 Å². The van der Waals surface area contributed by atoms with Crippen molar-refractivity contribution in [2.45, 2.75) is 5.33 Å². The highest BCUT2D eigenvalue weighted by molar-refractivity contribution is 9.08. The first kappa shape index (κ1) is 12.9. The van der Waals surface area contributed by atoms with Gasteiger partial charge in [-0.3, -0.25) is 0 Å². The van der Waals surface area contributed by atoms with Gasteiger partial charge in [-0.1, -0.05) is 22.0 Å². The lowest BCUT2D eigenvalue weighted by atomic mass is 10.2. The number of thiazole rings is 1. The van der Waals surface area contributed by atoms with Crippen LogP contribution in [0.4, 0.5) is 10.9 Å². The molecule has 0 amide bonds. The monoisotopic (exact) mass is 338 g/mol. The molecule has 2 aromatic heterocycles. The summed E-state index contributed by atoms with van der Waals surface area (Å²) in [7, 11) is 0. The van der Waals surface area contributed by atoms with E-state index in [0.29, 0.717) is 0 Å². The minimum Gasteiger partial charge on any atom is -0.353 e. The van der Waals surface area contributed by atoms with Gasteiger partial charge in [0.25, 0.3) is 0 Å². The van der Waals surface area contributed by atoms with Gasteiger partial charge < -0.3 is 9.80 Å². The number of hydrogen-bond acceptors (Lipinski definition) is 5. The van der Waals surface area contributed by atoms with Gasteiger partial charge in [0.2, 0.25) is 0 Å². The van der Waals surface area contributed by atoms with E-state index >= 15 is 0 Å². The van der Waals surface area contributed by atoms with E-state index in [-0.39, 0.29) is 0 Å². The van der Waals surface area contributed by atoms with E-state index in [1.54, 1.807) is 11.3 Å². The van der Waals surface area contributed by atoms with Crippen LogP contribution in [0.5, 0.6) is 0 Å². The maximum absolute atomic E-state index is 4.53. The lowest BCUT2D eigenvalue weighted by molar-refractivity contribution is 0.644. The lowest BCUT2D eigenvalue weighted by Gasteiger charge is -2.35. The Morgan fingerprint density at radius 2 is 1.89 bits per heavy atom. The van der Waals surface area contributed by atoms with Crippen molar-refractivity contribution < 1.29 is 0 Å². The molecule has 0 saturated carbocycles. The highest BCUT2D eigenvalue weighted by atomic mass is 79.9. The van der Waals surface area contributed by atoms with E-state index < -0.39 is 0 Å². The van der Waals surface area contributed by atoms with Crippen LogP contribution >= 0.6 is 27.3 Å². The van der Waals surface area contributed by atoms with Crippen LogP contribution in [0.15, 0.2) is 29.9 Å². The fraction of sp³-hybridized carbons (Fsp3) is 0.385.